The van der Waals surface area contributed by atoms with E-state index >= 15 is 0 Å². The molecule has 4 nitrogen and oxygen atoms in total. The molecule has 4 N–H and O–H groups in total. The number of halogens is 4. The molecule has 1 fully saturated rings. The Morgan fingerprint density at radius 1 is 1.17 bits per heavy atom. The lowest BCUT2D eigenvalue weighted by Crippen LogP contribution is -2.28. The van der Waals surface area contributed by atoms with Gasteiger partial charge in [-0.15, -0.1) is 0 Å². The molecular weight excluding hydrogens is 386 g/mol. The standard InChI is InChI=1S/C21H19F4N3O/c22-16-6-2-5-14(20(27)29)18(16)11-7-8-13-15(19(26)21(23,24)25)10-28(17(13)9-11)12-3-1-4-12/h2,5-10,12,19H,1,3-4,26H2,(H2,27,29)/t19-/m0/s1. The molecule has 0 saturated heterocycles. The van der Waals surface area contributed by atoms with Gasteiger partial charge in [-0.25, -0.2) is 4.39 Å². The summed E-state index contributed by atoms with van der Waals surface area (Å²) in [7, 11) is 0. The number of nitrogens with two attached hydrogens (primary N) is 2. The number of amides is 1. The second kappa shape index (κ2) is 6.88. The molecule has 1 heterocycles. The predicted molar refractivity (Wildman–Crippen MR) is 102 cm³/mol. The van der Waals surface area contributed by atoms with Crippen molar-refractivity contribution in [3.63, 3.8) is 0 Å². The maximum atomic E-state index is 14.5. The third kappa shape index (κ3) is 3.27. The average molecular weight is 405 g/mol. The van der Waals surface area contributed by atoms with Crippen molar-refractivity contribution in [2.45, 2.75) is 37.5 Å². The first-order chi connectivity index (χ1) is 13.7. The van der Waals surface area contributed by atoms with Crippen molar-refractivity contribution in [3.8, 4) is 11.1 Å². The van der Waals surface area contributed by atoms with Crippen LogP contribution in [0.2, 0.25) is 0 Å². The number of hydrogen-bond acceptors (Lipinski definition) is 2. The highest BCUT2D eigenvalue weighted by Gasteiger charge is 2.40. The minimum Gasteiger partial charge on any atom is -0.366 e. The van der Waals surface area contributed by atoms with E-state index in [0.717, 1.165) is 19.3 Å². The molecule has 8 heteroatoms. The quantitative estimate of drug-likeness (QED) is 0.610. The largest absolute Gasteiger partial charge is 0.407 e. The maximum Gasteiger partial charge on any atom is 0.407 e. The van der Waals surface area contributed by atoms with Crippen molar-refractivity contribution in [1.82, 2.24) is 4.57 Å². The molecule has 1 aliphatic carbocycles. The molecule has 1 aliphatic rings. The summed E-state index contributed by atoms with van der Waals surface area (Å²) in [6.07, 6.45) is -0.444. The van der Waals surface area contributed by atoms with Gasteiger partial charge in [0.1, 0.15) is 11.9 Å². The highest BCUT2D eigenvalue weighted by Crippen LogP contribution is 2.42. The number of fused-ring (bicyclic) bond motifs is 1. The first kappa shape index (κ1) is 19.4. The van der Waals surface area contributed by atoms with Crippen LogP contribution in [0.3, 0.4) is 0 Å². The molecule has 29 heavy (non-hydrogen) atoms. The van der Waals surface area contributed by atoms with Crippen LogP contribution in [0, 0.1) is 5.82 Å². The Kier molecular flexibility index (Phi) is 4.61. The molecular formula is C21H19F4N3O. The second-order valence-electron chi connectivity index (χ2n) is 7.35. The predicted octanol–water partition coefficient (Wildman–Crippen LogP) is 4.83. The number of hydrogen-bond donors (Lipinski definition) is 2. The Labute approximate surface area is 164 Å². The van der Waals surface area contributed by atoms with Gasteiger partial charge < -0.3 is 16.0 Å². The molecule has 0 aliphatic heterocycles. The number of rotatable bonds is 4. The fourth-order valence-corrected chi connectivity index (χ4v) is 3.85. The van der Waals surface area contributed by atoms with Gasteiger partial charge in [0.2, 0.25) is 5.91 Å². The van der Waals surface area contributed by atoms with E-state index in [-0.39, 0.29) is 22.7 Å². The number of carbonyl (C=O) groups excluding carboxylic acids is 1. The molecule has 1 atom stereocenters. The van der Waals surface area contributed by atoms with Crippen LogP contribution in [0.1, 0.15) is 47.3 Å². The van der Waals surface area contributed by atoms with E-state index in [0.29, 0.717) is 16.5 Å². The minimum atomic E-state index is -4.58. The van der Waals surface area contributed by atoms with Gasteiger partial charge in [-0.1, -0.05) is 18.2 Å². The second-order valence-corrected chi connectivity index (χ2v) is 7.35. The summed E-state index contributed by atoms with van der Waals surface area (Å²) < 4.78 is 56.1. The molecule has 1 saturated carbocycles. The Bertz CT molecular complexity index is 1100. The maximum absolute atomic E-state index is 14.5. The van der Waals surface area contributed by atoms with Crippen LogP contribution in [0.4, 0.5) is 17.6 Å². The third-order valence-corrected chi connectivity index (χ3v) is 5.59. The van der Waals surface area contributed by atoms with Crippen LogP contribution < -0.4 is 11.5 Å². The summed E-state index contributed by atoms with van der Waals surface area (Å²) in [4.78, 5) is 11.8. The van der Waals surface area contributed by atoms with Crippen LogP contribution in [0.15, 0.2) is 42.6 Å². The van der Waals surface area contributed by atoms with Crippen molar-refractivity contribution in [2.75, 3.05) is 0 Å². The van der Waals surface area contributed by atoms with Crippen molar-refractivity contribution in [1.29, 1.82) is 0 Å². The molecule has 0 spiro atoms. The number of primary amides is 1. The normalized spacial score (nSPS) is 16.0. The van der Waals surface area contributed by atoms with Crippen molar-refractivity contribution < 1.29 is 22.4 Å². The van der Waals surface area contributed by atoms with Crippen LogP contribution in [-0.4, -0.2) is 16.7 Å². The fourth-order valence-electron chi connectivity index (χ4n) is 3.85. The number of nitrogens with zero attached hydrogens (tertiary/aromatic N) is 1. The number of carbonyl (C=O) groups is 1. The van der Waals surface area contributed by atoms with E-state index in [1.54, 1.807) is 10.6 Å². The topological polar surface area (TPSA) is 74.0 Å². The van der Waals surface area contributed by atoms with Gasteiger partial charge in [0.25, 0.3) is 0 Å². The molecule has 3 aromatic rings. The molecule has 2 aromatic carbocycles. The lowest BCUT2D eigenvalue weighted by atomic mass is 9.92. The highest BCUT2D eigenvalue weighted by molar-refractivity contribution is 6.01. The Morgan fingerprint density at radius 2 is 1.90 bits per heavy atom. The van der Waals surface area contributed by atoms with E-state index < -0.39 is 23.9 Å². The van der Waals surface area contributed by atoms with Crippen LogP contribution >= 0.6 is 0 Å². The van der Waals surface area contributed by atoms with Gasteiger partial charge in [-0.3, -0.25) is 4.79 Å². The summed E-state index contributed by atoms with van der Waals surface area (Å²) >= 11 is 0. The molecule has 1 amide bonds. The van der Waals surface area contributed by atoms with Crippen molar-refractivity contribution in [2.24, 2.45) is 11.5 Å². The minimum absolute atomic E-state index is 0.0123. The van der Waals surface area contributed by atoms with Crippen LogP contribution in [0.5, 0.6) is 0 Å². The monoisotopic (exact) mass is 405 g/mol. The Balaban J connectivity index is 1.94. The summed E-state index contributed by atoms with van der Waals surface area (Å²) in [6, 6.07) is 6.55. The molecule has 0 unspecified atom stereocenters. The van der Waals surface area contributed by atoms with E-state index in [4.69, 9.17) is 11.5 Å². The highest BCUT2D eigenvalue weighted by atomic mass is 19.4. The average Bonchev–Trinajstić information content (AvgIpc) is 2.97. The summed E-state index contributed by atoms with van der Waals surface area (Å²) in [6.45, 7) is 0. The Morgan fingerprint density at radius 3 is 2.48 bits per heavy atom. The zero-order valence-corrected chi connectivity index (χ0v) is 15.3. The summed E-state index contributed by atoms with van der Waals surface area (Å²) in [5.74, 6) is -1.41. The number of aromatic nitrogens is 1. The van der Waals surface area contributed by atoms with Gasteiger partial charge in [0, 0.05) is 39.8 Å². The van der Waals surface area contributed by atoms with Crippen LogP contribution in [0.25, 0.3) is 22.0 Å². The van der Waals surface area contributed by atoms with Gasteiger partial charge in [-0.2, -0.15) is 13.2 Å². The van der Waals surface area contributed by atoms with Crippen molar-refractivity contribution >= 4 is 16.8 Å². The fraction of sp³-hybridized carbons (Fsp3) is 0.286. The van der Waals surface area contributed by atoms with Crippen LogP contribution in [-0.2, 0) is 0 Å². The zero-order valence-electron chi connectivity index (χ0n) is 15.3. The zero-order chi connectivity index (χ0) is 20.9. The van der Waals surface area contributed by atoms with Gasteiger partial charge >= 0.3 is 6.18 Å². The van der Waals surface area contributed by atoms with E-state index in [1.165, 1.54) is 36.5 Å². The van der Waals surface area contributed by atoms with Gasteiger partial charge in [-0.05, 0) is 43.0 Å². The first-order valence-electron chi connectivity index (χ1n) is 9.24. The smallest absolute Gasteiger partial charge is 0.366 e. The number of alkyl halides is 3. The molecule has 4 rings (SSSR count). The molecule has 0 radical (unpaired) electrons. The molecule has 1 aromatic heterocycles. The SMILES string of the molecule is NC(=O)c1cccc(F)c1-c1ccc2c([C@H](N)C(F)(F)F)cn(C3CCC3)c2c1. The van der Waals surface area contributed by atoms with Gasteiger partial charge in [0.15, 0.2) is 0 Å². The van der Waals surface area contributed by atoms with Crippen molar-refractivity contribution in [3.05, 3.63) is 59.5 Å². The summed E-state index contributed by atoms with van der Waals surface area (Å²) in [5, 5.41) is 0.363. The van der Waals surface area contributed by atoms with E-state index in [2.05, 4.69) is 0 Å². The van der Waals surface area contributed by atoms with Gasteiger partial charge in [0.05, 0.1) is 0 Å². The summed E-state index contributed by atoms with van der Waals surface area (Å²) in [5.41, 5.74) is 11.8. The first-order valence-corrected chi connectivity index (χ1v) is 9.24. The lowest BCUT2D eigenvalue weighted by Gasteiger charge is -2.28. The van der Waals surface area contributed by atoms with E-state index in [9.17, 15) is 22.4 Å². The molecule has 152 valence electrons. The molecule has 0 bridgehead atoms. The Hall–Kier alpha value is -2.87. The third-order valence-electron chi connectivity index (χ3n) is 5.59. The lowest BCUT2D eigenvalue weighted by molar-refractivity contribution is -0.148. The number of benzene rings is 2. The van der Waals surface area contributed by atoms with E-state index in [1.807, 2.05) is 0 Å².